The van der Waals surface area contributed by atoms with E-state index in [0.29, 0.717) is 5.92 Å². The van der Waals surface area contributed by atoms with E-state index in [-0.39, 0.29) is 4.75 Å². The van der Waals surface area contributed by atoms with Crippen molar-refractivity contribution in [3.63, 3.8) is 0 Å². The Kier molecular flexibility index (Phi) is 4.28. The predicted molar refractivity (Wildman–Crippen MR) is 55.8 cm³/mol. The molecule has 0 aliphatic heterocycles. The van der Waals surface area contributed by atoms with Gasteiger partial charge in [-0.25, -0.2) is 0 Å². The van der Waals surface area contributed by atoms with Crippen molar-refractivity contribution in [3.05, 3.63) is 0 Å². The van der Waals surface area contributed by atoms with E-state index in [1.165, 1.54) is 0 Å². The molecule has 2 nitrogen and oxygen atoms in total. The summed E-state index contributed by atoms with van der Waals surface area (Å²) in [5, 5.41) is 0. The first-order valence-corrected chi connectivity index (χ1v) is 5.33. The zero-order valence-electron chi connectivity index (χ0n) is 8.84. The molecular weight excluding hydrogens is 170 g/mol. The van der Waals surface area contributed by atoms with Gasteiger partial charge in [0.25, 0.3) is 0 Å². The maximum Gasteiger partial charge on any atom is 0.144 e. The van der Waals surface area contributed by atoms with Gasteiger partial charge in [-0.1, -0.05) is 18.2 Å². The molecule has 0 radical (unpaired) electrons. The van der Waals surface area contributed by atoms with Crippen molar-refractivity contribution in [2.75, 3.05) is 0 Å². The lowest BCUT2D eigenvalue weighted by atomic mass is 10.1. The maximum atomic E-state index is 11.5. The summed E-state index contributed by atoms with van der Waals surface area (Å²) >= 11 is -1.10. The van der Waals surface area contributed by atoms with Crippen molar-refractivity contribution in [2.45, 2.75) is 46.3 Å². The van der Waals surface area contributed by atoms with Crippen LogP contribution in [-0.2, 0) is 11.4 Å². The van der Waals surface area contributed by atoms with Gasteiger partial charge in [-0.2, -0.15) is 0 Å². The molecule has 0 heterocycles. The largest absolute Gasteiger partial charge is 0.591 e. The van der Waals surface area contributed by atoms with Crippen molar-refractivity contribution in [1.82, 2.24) is 0 Å². The van der Waals surface area contributed by atoms with Crippen LogP contribution in [0.5, 0.6) is 0 Å². The van der Waals surface area contributed by atoms with Gasteiger partial charge in [0, 0.05) is 0 Å². The van der Waals surface area contributed by atoms with Crippen LogP contribution < -0.4 is 0 Å². The van der Waals surface area contributed by atoms with E-state index in [1.807, 2.05) is 27.7 Å². The Labute approximate surface area is 78.8 Å². The van der Waals surface area contributed by atoms with Gasteiger partial charge in [-0.15, -0.1) is 0 Å². The number of hydrogen-bond acceptors (Lipinski definition) is 2. The number of nitrogens with zero attached hydrogens (tertiary/aromatic N) is 1. The van der Waals surface area contributed by atoms with Crippen LogP contribution in [-0.4, -0.2) is 15.0 Å². The molecule has 0 saturated heterocycles. The van der Waals surface area contributed by atoms with Crippen molar-refractivity contribution in [1.29, 1.82) is 0 Å². The molecule has 0 aromatic carbocycles. The van der Waals surface area contributed by atoms with Crippen LogP contribution in [0.15, 0.2) is 4.40 Å². The van der Waals surface area contributed by atoms with Crippen LogP contribution in [0, 0.1) is 5.92 Å². The van der Waals surface area contributed by atoms with Crippen LogP contribution >= 0.6 is 0 Å². The minimum Gasteiger partial charge on any atom is -0.591 e. The molecule has 0 bridgehead atoms. The highest BCUT2D eigenvalue weighted by atomic mass is 32.2. The third kappa shape index (κ3) is 4.12. The van der Waals surface area contributed by atoms with Crippen molar-refractivity contribution >= 4 is 17.1 Å². The average Bonchev–Trinajstić information content (AvgIpc) is 1.85. The van der Waals surface area contributed by atoms with E-state index in [0.717, 1.165) is 5.71 Å². The minimum atomic E-state index is -1.10. The summed E-state index contributed by atoms with van der Waals surface area (Å²) in [6.07, 6.45) is 0. The zero-order chi connectivity index (χ0) is 9.94. The minimum absolute atomic E-state index is 0.240. The fraction of sp³-hybridized carbons (Fsp3) is 0.889. The summed E-state index contributed by atoms with van der Waals surface area (Å²) in [7, 11) is 0. The lowest BCUT2D eigenvalue weighted by molar-refractivity contribution is 0.561. The lowest BCUT2D eigenvalue weighted by Crippen LogP contribution is -2.27. The highest BCUT2D eigenvalue weighted by Gasteiger charge is 2.26. The van der Waals surface area contributed by atoms with E-state index in [2.05, 4.69) is 18.2 Å². The predicted octanol–water partition coefficient (Wildman–Crippen LogP) is 2.57. The topological polar surface area (TPSA) is 35.4 Å². The summed E-state index contributed by atoms with van der Waals surface area (Å²) in [6.45, 7) is 11.8. The fourth-order valence-corrected chi connectivity index (χ4v) is 1.12. The highest BCUT2D eigenvalue weighted by Crippen LogP contribution is 2.18. The highest BCUT2D eigenvalue weighted by molar-refractivity contribution is 7.91. The van der Waals surface area contributed by atoms with Gasteiger partial charge in [0.2, 0.25) is 0 Å². The number of hydrogen-bond donors (Lipinski definition) is 0. The maximum absolute atomic E-state index is 11.5. The van der Waals surface area contributed by atoms with E-state index < -0.39 is 11.4 Å². The molecular formula is C9H19NOS. The molecule has 0 aromatic heterocycles. The van der Waals surface area contributed by atoms with Gasteiger partial charge in [0.05, 0.1) is 5.71 Å². The quantitative estimate of drug-likeness (QED) is 0.485. The normalized spacial score (nSPS) is 16.8. The Morgan fingerprint density at radius 3 is 2.00 bits per heavy atom. The molecule has 0 amide bonds. The molecule has 72 valence electrons. The first-order chi connectivity index (χ1) is 5.25. The van der Waals surface area contributed by atoms with Gasteiger partial charge in [0.15, 0.2) is 0 Å². The third-order valence-electron chi connectivity index (χ3n) is 1.59. The summed E-state index contributed by atoms with van der Waals surface area (Å²) in [5.41, 5.74) is 0.961. The Morgan fingerprint density at radius 2 is 1.75 bits per heavy atom. The molecule has 1 atom stereocenters. The molecule has 0 spiro atoms. The molecule has 0 saturated carbocycles. The average molecular weight is 189 g/mol. The fourth-order valence-electron chi connectivity index (χ4n) is 0.373. The van der Waals surface area contributed by atoms with Crippen molar-refractivity contribution < 1.29 is 4.55 Å². The van der Waals surface area contributed by atoms with Crippen LogP contribution in [0.3, 0.4) is 0 Å². The lowest BCUT2D eigenvalue weighted by Gasteiger charge is -2.19. The third-order valence-corrected chi connectivity index (χ3v) is 3.09. The second-order valence-electron chi connectivity index (χ2n) is 4.25. The molecule has 0 fully saturated rings. The van der Waals surface area contributed by atoms with Crippen LogP contribution in [0.25, 0.3) is 0 Å². The smallest absolute Gasteiger partial charge is 0.144 e. The van der Waals surface area contributed by atoms with Gasteiger partial charge < -0.3 is 4.55 Å². The SMILES string of the molecule is C/C(=N/[S@@+]([O-])C(C)(C)C)C(C)C. The monoisotopic (exact) mass is 189 g/mol. The van der Waals surface area contributed by atoms with Crippen LogP contribution in [0.1, 0.15) is 41.5 Å². The Bertz CT molecular complexity index is 170. The second-order valence-corrected chi connectivity index (χ2v) is 6.15. The van der Waals surface area contributed by atoms with E-state index in [1.54, 1.807) is 0 Å². The molecule has 12 heavy (non-hydrogen) atoms. The van der Waals surface area contributed by atoms with Crippen LogP contribution in [0.4, 0.5) is 0 Å². The Morgan fingerprint density at radius 1 is 1.33 bits per heavy atom. The molecule has 0 unspecified atom stereocenters. The molecule has 0 N–H and O–H groups in total. The number of rotatable bonds is 2. The van der Waals surface area contributed by atoms with Gasteiger partial charge in [-0.3, -0.25) is 0 Å². The van der Waals surface area contributed by atoms with Crippen LogP contribution in [0.2, 0.25) is 0 Å². The van der Waals surface area contributed by atoms with E-state index in [4.69, 9.17) is 0 Å². The van der Waals surface area contributed by atoms with E-state index >= 15 is 0 Å². The Hall–Kier alpha value is -0.0200. The first kappa shape index (κ1) is 12.0. The van der Waals surface area contributed by atoms with Crippen molar-refractivity contribution in [2.24, 2.45) is 10.3 Å². The molecule has 0 rings (SSSR count). The summed E-state index contributed by atoms with van der Waals surface area (Å²) < 4.78 is 15.4. The van der Waals surface area contributed by atoms with Gasteiger partial charge >= 0.3 is 0 Å². The molecule has 0 aromatic rings. The molecule has 0 aliphatic rings. The second kappa shape index (κ2) is 4.28. The summed E-state index contributed by atoms with van der Waals surface area (Å²) in [4.78, 5) is 0. The van der Waals surface area contributed by atoms with Gasteiger partial charge in [0.1, 0.15) is 16.1 Å². The van der Waals surface area contributed by atoms with Gasteiger partial charge in [-0.05, 0) is 33.6 Å². The first-order valence-electron chi connectivity index (χ1n) is 4.22. The van der Waals surface area contributed by atoms with E-state index in [9.17, 15) is 4.55 Å². The Balaban J connectivity index is 4.34. The molecule has 3 heteroatoms. The zero-order valence-corrected chi connectivity index (χ0v) is 9.66. The molecule has 0 aliphatic carbocycles. The van der Waals surface area contributed by atoms with Crippen molar-refractivity contribution in [3.8, 4) is 0 Å². The summed E-state index contributed by atoms with van der Waals surface area (Å²) in [6, 6.07) is 0. The standard InChI is InChI=1S/C9H19NOS/c1-7(2)8(3)10-12(11)9(4,5)6/h7H,1-6H3/b10-8-/t12-/m0/s1. The summed E-state index contributed by atoms with van der Waals surface area (Å²) in [5.74, 6) is 0.385.